The number of rotatable bonds is 5. The Bertz CT molecular complexity index is 686. The van der Waals surface area contributed by atoms with Crippen LogP contribution in [0, 0.1) is 19.3 Å². The number of hydrogen-bond donors (Lipinski definition) is 0. The van der Waals surface area contributed by atoms with E-state index in [1.165, 1.54) is 16.7 Å². The molecule has 0 aromatic heterocycles. The van der Waals surface area contributed by atoms with E-state index in [0.717, 1.165) is 78.4 Å². The second-order valence-electron chi connectivity index (χ2n) is 8.67. The van der Waals surface area contributed by atoms with E-state index in [0.29, 0.717) is 5.91 Å². The van der Waals surface area contributed by atoms with Crippen LogP contribution < -0.4 is 0 Å². The fourth-order valence-electron chi connectivity index (χ4n) is 4.93. The lowest BCUT2D eigenvalue weighted by molar-refractivity contribution is -0.135. The molecule has 0 bridgehead atoms. The number of ether oxygens (including phenoxy) is 1. The molecule has 3 aliphatic rings. The van der Waals surface area contributed by atoms with Crippen LogP contribution in [0.1, 0.15) is 29.5 Å². The number of morpholine rings is 1. The quantitative estimate of drug-likeness (QED) is 0.794. The zero-order chi connectivity index (χ0) is 18.9. The molecule has 0 N–H and O–H groups in total. The van der Waals surface area contributed by atoms with Gasteiger partial charge in [0.25, 0.3) is 0 Å². The Hall–Kier alpha value is -1.43. The predicted molar refractivity (Wildman–Crippen MR) is 107 cm³/mol. The lowest BCUT2D eigenvalue weighted by Gasteiger charge is -2.29. The highest BCUT2D eigenvalue weighted by atomic mass is 16.5. The molecule has 1 amide bonds. The Morgan fingerprint density at radius 3 is 2.56 bits per heavy atom. The summed E-state index contributed by atoms with van der Waals surface area (Å²) in [5.74, 6) is 0.402. The van der Waals surface area contributed by atoms with Crippen molar-refractivity contribution >= 4 is 5.91 Å². The van der Waals surface area contributed by atoms with Crippen LogP contribution in [-0.2, 0) is 16.1 Å². The SMILES string of the molecule is Cc1ccc(CN2CCC3(CCN(CCN4CCOCC4)C3=O)C2)c(C)c1. The van der Waals surface area contributed by atoms with Crippen molar-refractivity contribution in [2.24, 2.45) is 5.41 Å². The van der Waals surface area contributed by atoms with Gasteiger partial charge in [-0.3, -0.25) is 14.6 Å². The van der Waals surface area contributed by atoms with Gasteiger partial charge in [-0.25, -0.2) is 0 Å². The predicted octanol–water partition coefficient (Wildman–Crippen LogP) is 2.06. The van der Waals surface area contributed by atoms with Crippen molar-refractivity contribution in [3.05, 3.63) is 34.9 Å². The normalized spacial score (nSPS) is 27.2. The Morgan fingerprint density at radius 2 is 1.78 bits per heavy atom. The van der Waals surface area contributed by atoms with Gasteiger partial charge in [-0.1, -0.05) is 23.8 Å². The molecule has 1 atom stereocenters. The lowest BCUT2D eigenvalue weighted by Crippen LogP contribution is -2.43. The number of amides is 1. The summed E-state index contributed by atoms with van der Waals surface area (Å²) in [4.78, 5) is 20.2. The average molecular weight is 372 g/mol. The highest BCUT2D eigenvalue weighted by Crippen LogP contribution is 2.41. The molecule has 3 fully saturated rings. The Labute approximate surface area is 163 Å². The Morgan fingerprint density at radius 1 is 1.00 bits per heavy atom. The zero-order valence-corrected chi connectivity index (χ0v) is 16.9. The Kier molecular flexibility index (Phi) is 5.53. The summed E-state index contributed by atoms with van der Waals surface area (Å²) in [6.45, 7) is 13.7. The van der Waals surface area contributed by atoms with Crippen LogP contribution in [0.4, 0.5) is 0 Å². The summed E-state index contributed by atoms with van der Waals surface area (Å²) in [5, 5.41) is 0. The van der Waals surface area contributed by atoms with Gasteiger partial charge in [0.15, 0.2) is 0 Å². The van der Waals surface area contributed by atoms with Crippen LogP contribution in [0.15, 0.2) is 18.2 Å². The van der Waals surface area contributed by atoms with Crippen LogP contribution in [0.5, 0.6) is 0 Å². The maximum absolute atomic E-state index is 13.2. The van der Waals surface area contributed by atoms with Gasteiger partial charge < -0.3 is 9.64 Å². The summed E-state index contributed by atoms with van der Waals surface area (Å²) < 4.78 is 5.42. The van der Waals surface area contributed by atoms with Crippen molar-refractivity contribution in [3.63, 3.8) is 0 Å². The first-order valence-corrected chi connectivity index (χ1v) is 10.4. The average Bonchev–Trinajstić information content (AvgIpc) is 3.21. The molecule has 0 aliphatic carbocycles. The topological polar surface area (TPSA) is 36.0 Å². The van der Waals surface area contributed by atoms with Gasteiger partial charge in [-0.15, -0.1) is 0 Å². The Balaban J connectivity index is 1.32. The van der Waals surface area contributed by atoms with E-state index in [2.05, 4.69) is 46.7 Å². The first-order chi connectivity index (χ1) is 13.1. The van der Waals surface area contributed by atoms with Gasteiger partial charge in [0.05, 0.1) is 18.6 Å². The van der Waals surface area contributed by atoms with Crippen molar-refractivity contribution in [2.75, 3.05) is 59.0 Å². The van der Waals surface area contributed by atoms with E-state index in [9.17, 15) is 4.79 Å². The largest absolute Gasteiger partial charge is 0.379 e. The van der Waals surface area contributed by atoms with Crippen molar-refractivity contribution in [3.8, 4) is 0 Å². The number of carbonyl (C=O) groups excluding carboxylic acids is 1. The third-order valence-electron chi connectivity index (χ3n) is 6.72. The van der Waals surface area contributed by atoms with Crippen molar-refractivity contribution in [1.29, 1.82) is 0 Å². The number of carbonyl (C=O) groups is 1. The molecule has 1 aromatic rings. The van der Waals surface area contributed by atoms with Crippen molar-refractivity contribution in [2.45, 2.75) is 33.2 Å². The van der Waals surface area contributed by atoms with Crippen molar-refractivity contribution in [1.82, 2.24) is 14.7 Å². The molecular formula is C22H33N3O2. The number of hydrogen-bond acceptors (Lipinski definition) is 4. The second kappa shape index (κ2) is 7.90. The zero-order valence-electron chi connectivity index (χ0n) is 16.9. The monoisotopic (exact) mass is 371 g/mol. The molecule has 1 unspecified atom stereocenters. The van der Waals surface area contributed by atoms with E-state index in [-0.39, 0.29) is 5.41 Å². The smallest absolute Gasteiger partial charge is 0.230 e. The molecule has 3 saturated heterocycles. The molecule has 3 aliphatic heterocycles. The fourth-order valence-corrected chi connectivity index (χ4v) is 4.93. The summed E-state index contributed by atoms with van der Waals surface area (Å²) in [7, 11) is 0. The maximum Gasteiger partial charge on any atom is 0.230 e. The highest BCUT2D eigenvalue weighted by Gasteiger charge is 2.50. The number of aryl methyl sites for hydroxylation is 2. The minimum atomic E-state index is -0.121. The lowest BCUT2D eigenvalue weighted by atomic mass is 9.85. The summed E-state index contributed by atoms with van der Waals surface area (Å²) in [5.41, 5.74) is 3.95. The van der Waals surface area contributed by atoms with Gasteiger partial charge in [-0.2, -0.15) is 0 Å². The van der Waals surface area contributed by atoms with Crippen molar-refractivity contribution < 1.29 is 9.53 Å². The molecule has 5 heteroatoms. The fraction of sp³-hybridized carbons (Fsp3) is 0.682. The minimum absolute atomic E-state index is 0.121. The summed E-state index contributed by atoms with van der Waals surface area (Å²) >= 11 is 0. The molecule has 5 nitrogen and oxygen atoms in total. The van der Waals surface area contributed by atoms with Gasteiger partial charge >= 0.3 is 0 Å². The number of nitrogens with zero attached hydrogens (tertiary/aromatic N) is 3. The summed E-state index contributed by atoms with van der Waals surface area (Å²) in [6.07, 6.45) is 2.04. The van der Waals surface area contributed by atoms with Crippen LogP contribution in [0.2, 0.25) is 0 Å². The molecule has 1 spiro atoms. The van der Waals surface area contributed by atoms with Gasteiger partial charge in [-0.05, 0) is 44.4 Å². The third kappa shape index (κ3) is 4.05. The number of benzene rings is 1. The maximum atomic E-state index is 13.2. The second-order valence-corrected chi connectivity index (χ2v) is 8.67. The molecular weight excluding hydrogens is 338 g/mol. The highest BCUT2D eigenvalue weighted by molar-refractivity contribution is 5.85. The van der Waals surface area contributed by atoms with Gasteiger partial charge in [0.2, 0.25) is 5.91 Å². The molecule has 0 saturated carbocycles. The van der Waals surface area contributed by atoms with E-state index in [4.69, 9.17) is 4.74 Å². The van der Waals surface area contributed by atoms with Gasteiger partial charge in [0, 0.05) is 45.8 Å². The van der Waals surface area contributed by atoms with E-state index < -0.39 is 0 Å². The summed E-state index contributed by atoms with van der Waals surface area (Å²) in [6, 6.07) is 6.71. The van der Waals surface area contributed by atoms with E-state index in [1.54, 1.807) is 0 Å². The first-order valence-electron chi connectivity index (χ1n) is 10.4. The first kappa shape index (κ1) is 18.9. The van der Waals surface area contributed by atoms with Crippen LogP contribution in [0.3, 0.4) is 0 Å². The van der Waals surface area contributed by atoms with Gasteiger partial charge in [0.1, 0.15) is 0 Å². The molecule has 4 rings (SSSR count). The molecule has 1 aromatic carbocycles. The third-order valence-corrected chi connectivity index (χ3v) is 6.72. The van der Waals surface area contributed by atoms with E-state index in [1.807, 2.05) is 0 Å². The van der Waals surface area contributed by atoms with Crippen LogP contribution in [0.25, 0.3) is 0 Å². The van der Waals surface area contributed by atoms with E-state index >= 15 is 0 Å². The minimum Gasteiger partial charge on any atom is -0.379 e. The molecule has 0 radical (unpaired) electrons. The molecule has 148 valence electrons. The molecule has 27 heavy (non-hydrogen) atoms. The van der Waals surface area contributed by atoms with Crippen LogP contribution in [-0.4, -0.2) is 79.6 Å². The number of likely N-dealkylation sites (tertiary alicyclic amines) is 2. The van der Waals surface area contributed by atoms with Crippen LogP contribution >= 0.6 is 0 Å². The molecule has 3 heterocycles. The standard InChI is InChI=1S/C22H33N3O2/c1-18-3-4-20(19(2)15-18)16-24-7-5-22(17-24)6-8-25(21(22)26)10-9-23-11-13-27-14-12-23/h3-4,15H,5-14,16-17H2,1-2H3.